The lowest BCUT2D eigenvalue weighted by molar-refractivity contribution is -0.166. The summed E-state index contributed by atoms with van der Waals surface area (Å²) in [4.78, 5) is 40.5. The van der Waals surface area contributed by atoms with Crippen molar-refractivity contribution in [1.29, 1.82) is 0 Å². The molecule has 1 saturated carbocycles. The summed E-state index contributed by atoms with van der Waals surface area (Å²) < 4.78 is 0. The minimum Gasteiger partial charge on any atom is -0.479 e. The molecule has 140 valence electrons. The van der Waals surface area contributed by atoms with E-state index in [0.717, 1.165) is 51.6 Å². The van der Waals surface area contributed by atoms with Crippen molar-refractivity contribution in [2.45, 2.75) is 57.0 Å². The first kappa shape index (κ1) is 18.2. The molecule has 2 atom stereocenters. The summed E-state index contributed by atoms with van der Waals surface area (Å²) in [6.45, 7) is 2.07. The largest absolute Gasteiger partial charge is 0.479 e. The molecule has 3 rings (SSSR count). The summed E-state index contributed by atoms with van der Waals surface area (Å²) in [5, 5.41) is 19.1. The van der Waals surface area contributed by atoms with Gasteiger partial charge >= 0.3 is 5.97 Å². The predicted octanol–water partition coefficient (Wildman–Crippen LogP) is 0.853. The number of rotatable bonds is 3. The third-order valence-electron chi connectivity index (χ3n) is 6.12. The molecule has 0 bridgehead atoms. The molecular formula is C18H28N2O5. The Morgan fingerprint density at radius 3 is 1.64 bits per heavy atom. The maximum Gasteiger partial charge on any atom is 0.335 e. The molecule has 7 nitrogen and oxygen atoms in total. The van der Waals surface area contributed by atoms with Crippen molar-refractivity contribution in [3.63, 3.8) is 0 Å². The summed E-state index contributed by atoms with van der Waals surface area (Å²) in [6.07, 6.45) is 5.59. The Morgan fingerprint density at radius 1 is 0.760 bits per heavy atom. The standard InChI is InChI=1S/C18H28N2O5/c21-15(19-9-3-4-10-19)13-5-1-2-6-14(13)16(22)20-11-7-18(25,8-12-20)17(23)24/h13-14,25H,1-12H2,(H,23,24). The summed E-state index contributed by atoms with van der Waals surface area (Å²) >= 11 is 0. The Bertz CT molecular complexity index is 536. The van der Waals surface area contributed by atoms with Crippen LogP contribution < -0.4 is 0 Å². The first-order valence-electron chi connectivity index (χ1n) is 9.46. The van der Waals surface area contributed by atoms with Gasteiger partial charge in [-0.05, 0) is 25.7 Å². The molecule has 2 aliphatic heterocycles. The fourth-order valence-electron chi connectivity index (χ4n) is 4.44. The molecule has 0 aromatic heterocycles. The number of aliphatic hydroxyl groups is 1. The Hall–Kier alpha value is -1.63. The average Bonchev–Trinajstić information content (AvgIpc) is 3.16. The van der Waals surface area contributed by atoms with Gasteiger partial charge in [-0.15, -0.1) is 0 Å². The molecule has 3 fully saturated rings. The fourth-order valence-corrected chi connectivity index (χ4v) is 4.44. The molecule has 3 aliphatic rings. The minimum absolute atomic E-state index is 0.0373. The van der Waals surface area contributed by atoms with Gasteiger partial charge < -0.3 is 20.0 Å². The highest BCUT2D eigenvalue weighted by molar-refractivity contribution is 5.88. The van der Waals surface area contributed by atoms with Gasteiger partial charge in [-0.1, -0.05) is 12.8 Å². The Morgan fingerprint density at radius 2 is 1.20 bits per heavy atom. The van der Waals surface area contributed by atoms with Crippen molar-refractivity contribution in [2.75, 3.05) is 26.2 Å². The molecule has 2 N–H and O–H groups in total. The Balaban J connectivity index is 1.65. The van der Waals surface area contributed by atoms with E-state index < -0.39 is 11.6 Å². The van der Waals surface area contributed by atoms with Crippen molar-refractivity contribution in [3.05, 3.63) is 0 Å². The van der Waals surface area contributed by atoms with E-state index in [1.54, 1.807) is 4.90 Å². The van der Waals surface area contributed by atoms with Crippen molar-refractivity contribution in [3.8, 4) is 0 Å². The number of hydrogen-bond donors (Lipinski definition) is 2. The number of carbonyl (C=O) groups is 3. The van der Waals surface area contributed by atoms with Crippen LogP contribution in [0.1, 0.15) is 51.4 Å². The van der Waals surface area contributed by atoms with Crippen LogP contribution in [0.3, 0.4) is 0 Å². The van der Waals surface area contributed by atoms with Crippen molar-refractivity contribution in [1.82, 2.24) is 9.80 Å². The summed E-state index contributed by atoms with van der Waals surface area (Å²) in [7, 11) is 0. The number of carbonyl (C=O) groups excluding carboxylic acids is 2. The van der Waals surface area contributed by atoms with Crippen LogP contribution in [0.15, 0.2) is 0 Å². The van der Waals surface area contributed by atoms with Crippen molar-refractivity contribution >= 4 is 17.8 Å². The molecule has 0 spiro atoms. The number of carboxylic acid groups (broad SMARTS) is 1. The molecule has 0 aromatic carbocycles. The maximum absolute atomic E-state index is 13.0. The van der Waals surface area contributed by atoms with Crippen molar-refractivity contribution < 1.29 is 24.6 Å². The molecule has 0 radical (unpaired) electrons. The smallest absolute Gasteiger partial charge is 0.335 e. The highest BCUT2D eigenvalue weighted by atomic mass is 16.4. The number of nitrogens with zero attached hydrogens (tertiary/aromatic N) is 2. The van der Waals surface area contributed by atoms with E-state index in [9.17, 15) is 19.5 Å². The zero-order valence-electron chi connectivity index (χ0n) is 14.7. The lowest BCUT2D eigenvalue weighted by atomic mass is 9.77. The van der Waals surface area contributed by atoms with E-state index in [2.05, 4.69) is 0 Å². The monoisotopic (exact) mass is 352 g/mol. The van der Waals surface area contributed by atoms with Crippen LogP contribution in [-0.4, -0.2) is 69.6 Å². The molecule has 2 saturated heterocycles. The van der Waals surface area contributed by atoms with Crippen LogP contribution in [0, 0.1) is 11.8 Å². The predicted molar refractivity (Wildman–Crippen MR) is 89.7 cm³/mol. The van der Waals surface area contributed by atoms with E-state index in [0.29, 0.717) is 0 Å². The fraction of sp³-hybridized carbons (Fsp3) is 0.833. The van der Waals surface area contributed by atoms with Gasteiger partial charge in [0, 0.05) is 50.9 Å². The van der Waals surface area contributed by atoms with Gasteiger partial charge in [0.25, 0.3) is 0 Å². The SMILES string of the molecule is O=C(C1CCCCC1C(=O)N1CCC(O)(C(=O)O)CC1)N1CCCC1. The van der Waals surface area contributed by atoms with Crippen LogP contribution in [0.25, 0.3) is 0 Å². The topological polar surface area (TPSA) is 98.2 Å². The maximum atomic E-state index is 13.0. The first-order chi connectivity index (χ1) is 11.9. The van der Waals surface area contributed by atoms with Gasteiger partial charge in [-0.25, -0.2) is 4.79 Å². The number of carboxylic acids is 1. The lowest BCUT2D eigenvalue weighted by Crippen LogP contribution is -2.53. The highest BCUT2D eigenvalue weighted by Crippen LogP contribution is 2.35. The van der Waals surface area contributed by atoms with E-state index in [4.69, 9.17) is 5.11 Å². The summed E-state index contributed by atoms with van der Waals surface area (Å²) in [5.74, 6) is -1.67. The normalized spacial score (nSPS) is 29.5. The van der Waals surface area contributed by atoms with E-state index in [-0.39, 0.29) is 49.6 Å². The third-order valence-corrected chi connectivity index (χ3v) is 6.12. The van der Waals surface area contributed by atoms with Crippen LogP contribution in [0.5, 0.6) is 0 Å². The second kappa shape index (κ2) is 7.32. The molecule has 25 heavy (non-hydrogen) atoms. The number of hydrogen-bond acceptors (Lipinski definition) is 4. The van der Waals surface area contributed by atoms with Crippen LogP contribution in [0.4, 0.5) is 0 Å². The van der Waals surface area contributed by atoms with E-state index >= 15 is 0 Å². The average molecular weight is 352 g/mol. The minimum atomic E-state index is -1.73. The van der Waals surface area contributed by atoms with Gasteiger partial charge in [0.05, 0.1) is 0 Å². The van der Waals surface area contributed by atoms with Crippen LogP contribution in [-0.2, 0) is 14.4 Å². The quantitative estimate of drug-likeness (QED) is 0.785. The molecule has 2 heterocycles. The number of likely N-dealkylation sites (tertiary alicyclic amines) is 2. The molecular weight excluding hydrogens is 324 g/mol. The number of piperidine rings is 1. The summed E-state index contributed by atoms with van der Waals surface area (Å²) in [6, 6.07) is 0. The Kier molecular flexibility index (Phi) is 5.32. The molecule has 2 amide bonds. The number of amides is 2. The van der Waals surface area contributed by atoms with Gasteiger partial charge in [0.1, 0.15) is 0 Å². The van der Waals surface area contributed by atoms with Gasteiger partial charge in [-0.2, -0.15) is 0 Å². The first-order valence-corrected chi connectivity index (χ1v) is 9.46. The zero-order valence-corrected chi connectivity index (χ0v) is 14.7. The van der Waals surface area contributed by atoms with Crippen LogP contribution >= 0.6 is 0 Å². The third kappa shape index (κ3) is 3.66. The second-order valence-electron chi connectivity index (χ2n) is 7.69. The van der Waals surface area contributed by atoms with Gasteiger partial charge in [-0.3, -0.25) is 9.59 Å². The van der Waals surface area contributed by atoms with Gasteiger partial charge in [0.2, 0.25) is 11.8 Å². The van der Waals surface area contributed by atoms with Gasteiger partial charge in [0.15, 0.2) is 5.60 Å². The molecule has 2 unspecified atom stereocenters. The van der Waals surface area contributed by atoms with E-state index in [1.165, 1.54) is 0 Å². The second-order valence-corrected chi connectivity index (χ2v) is 7.69. The lowest BCUT2D eigenvalue weighted by Gasteiger charge is -2.39. The Labute approximate surface area is 148 Å². The van der Waals surface area contributed by atoms with E-state index in [1.807, 2.05) is 4.90 Å². The highest BCUT2D eigenvalue weighted by Gasteiger charge is 2.44. The zero-order chi connectivity index (χ0) is 18.0. The molecule has 7 heteroatoms. The number of aliphatic carboxylic acids is 1. The molecule has 1 aliphatic carbocycles. The summed E-state index contributed by atoms with van der Waals surface area (Å²) in [5.41, 5.74) is -1.73. The molecule has 0 aromatic rings. The van der Waals surface area contributed by atoms with Crippen LogP contribution in [0.2, 0.25) is 0 Å². The van der Waals surface area contributed by atoms with Crippen molar-refractivity contribution in [2.24, 2.45) is 11.8 Å².